The van der Waals surface area contributed by atoms with Crippen molar-refractivity contribution in [3.05, 3.63) is 211 Å². The van der Waals surface area contributed by atoms with Crippen LogP contribution < -0.4 is 26.2 Å². The van der Waals surface area contributed by atoms with Gasteiger partial charge in [0.25, 0.3) is 6.71 Å². The first-order valence-corrected chi connectivity index (χ1v) is 27.8. The fourth-order valence-corrected chi connectivity index (χ4v) is 13.8. The number of furan rings is 1. The Balaban J connectivity index is 0.988. The van der Waals surface area contributed by atoms with E-state index in [-0.39, 0.29) is 23.0 Å². The summed E-state index contributed by atoms with van der Waals surface area (Å²) in [5.74, 6) is 0. The van der Waals surface area contributed by atoms with Gasteiger partial charge in [0.05, 0.1) is 39.1 Å². The second kappa shape index (κ2) is 15.5. The van der Waals surface area contributed by atoms with Gasteiger partial charge < -0.3 is 23.4 Å². The zero-order valence-electron chi connectivity index (χ0n) is 45.7. The van der Waals surface area contributed by atoms with Gasteiger partial charge in [0.1, 0.15) is 11.2 Å². The normalized spacial score (nSPS) is 13.9. The number of aromatic nitrogens is 2. The maximum atomic E-state index is 6.42. The molecule has 0 spiro atoms. The molecule has 0 N–H and O–H groups in total. The van der Waals surface area contributed by atoms with Crippen molar-refractivity contribution in [3.63, 3.8) is 0 Å². The first kappa shape index (κ1) is 45.5. The van der Waals surface area contributed by atoms with E-state index >= 15 is 0 Å². The molecule has 0 bridgehead atoms. The van der Waals surface area contributed by atoms with Gasteiger partial charge in [-0.3, -0.25) is 0 Å². The van der Waals surface area contributed by atoms with E-state index in [0.717, 1.165) is 44.4 Å². The van der Waals surface area contributed by atoms with E-state index in [1.807, 2.05) is 0 Å². The van der Waals surface area contributed by atoms with Crippen molar-refractivity contribution in [2.45, 2.75) is 78.6 Å². The molecule has 0 radical (unpaired) electrons. The lowest BCUT2D eigenvalue weighted by atomic mass is 9.33. The number of hydrogen-bond acceptors (Lipinski definition) is 3. The molecule has 3 aliphatic heterocycles. The molecule has 0 unspecified atom stereocenters. The van der Waals surface area contributed by atoms with Crippen molar-refractivity contribution >= 4 is 123 Å². The van der Waals surface area contributed by atoms with Crippen LogP contribution in [0.1, 0.15) is 79.0 Å². The zero-order chi connectivity index (χ0) is 52.9. The Morgan fingerprint density at radius 3 is 1.68 bits per heavy atom. The summed E-state index contributed by atoms with van der Waals surface area (Å²) >= 11 is 0. The molecule has 3 aromatic heterocycles. The van der Waals surface area contributed by atoms with Crippen molar-refractivity contribution in [2.24, 2.45) is 0 Å². The summed E-state index contributed by atoms with van der Waals surface area (Å²) in [6, 6.07) is 73.8. The summed E-state index contributed by atoms with van der Waals surface area (Å²) in [7, 11) is 0. The molecule has 0 fully saturated rings. The second-order valence-electron chi connectivity index (χ2n) is 25.4. The van der Waals surface area contributed by atoms with Crippen molar-refractivity contribution in [1.29, 1.82) is 0 Å². The quantitative estimate of drug-likeness (QED) is 0.165. The van der Waals surface area contributed by atoms with Crippen molar-refractivity contribution < 1.29 is 4.42 Å². The second-order valence-corrected chi connectivity index (χ2v) is 25.4. The molecule has 6 heterocycles. The molecule has 3 aliphatic rings. The highest BCUT2D eigenvalue weighted by molar-refractivity contribution is 7.00. The minimum absolute atomic E-state index is 0.00215. The molecule has 13 aromatic rings. The monoisotopic (exact) mass is 1010 g/mol. The smallest absolute Gasteiger partial charge is 0.252 e. The van der Waals surface area contributed by atoms with Crippen molar-refractivity contribution in [2.75, 3.05) is 9.80 Å². The molecule has 78 heavy (non-hydrogen) atoms. The van der Waals surface area contributed by atoms with E-state index in [4.69, 9.17) is 4.42 Å². The molecule has 0 saturated carbocycles. The first-order valence-electron chi connectivity index (χ1n) is 27.8. The third-order valence-electron chi connectivity index (χ3n) is 17.7. The Morgan fingerprint density at radius 2 is 0.962 bits per heavy atom. The lowest BCUT2D eigenvalue weighted by molar-refractivity contribution is 0.590. The molecule has 0 atom stereocenters. The number of hydrogen-bond donors (Lipinski definition) is 0. The van der Waals surface area contributed by atoms with Crippen LogP contribution in [0.25, 0.3) is 88.1 Å². The van der Waals surface area contributed by atoms with Crippen LogP contribution in [0.4, 0.5) is 34.1 Å². The number of rotatable bonds is 3. The number of nitrogens with zero attached hydrogens (tertiary/aromatic N) is 4. The summed E-state index contributed by atoms with van der Waals surface area (Å²) < 4.78 is 11.5. The predicted molar refractivity (Wildman–Crippen MR) is 332 cm³/mol. The van der Waals surface area contributed by atoms with E-state index < -0.39 is 0 Å². The van der Waals surface area contributed by atoms with Crippen LogP contribution in [0.2, 0.25) is 0 Å². The molecular weight excluding hydrogens is 948 g/mol. The molecule has 0 aliphatic carbocycles. The van der Waals surface area contributed by atoms with Crippen LogP contribution >= 0.6 is 0 Å². The maximum absolute atomic E-state index is 6.42. The highest BCUT2D eigenvalue weighted by atomic mass is 16.3. The molecular formula is C72H59BN4O. The van der Waals surface area contributed by atoms with Gasteiger partial charge in [-0.15, -0.1) is 0 Å². The van der Waals surface area contributed by atoms with Crippen LogP contribution in [0, 0.1) is 0 Å². The number of fused-ring (bicyclic) bond motifs is 15. The van der Waals surface area contributed by atoms with Crippen molar-refractivity contribution in [1.82, 2.24) is 9.13 Å². The van der Waals surface area contributed by atoms with Crippen LogP contribution in [-0.4, -0.2) is 15.8 Å². The van der Waals surface area contributed by atoms with E-state index in [2.05, 4.69) is 275 Å². The third-order valence-corrected chi connectivity index (χ3v) is 17.7. The summed E-state index contributed by atoms with van der Waals surface area (Å²) in [6.45, 7) is 21.0. The van der Waals surface area contributed by atoms with E-state index in [1.165, 1.54) is 111 Å². The van der Waals surface area contributed by atoms with Crippen molar-refractivity contribution in [3.8, 4) is 22.5 Å². The average molecular weight is 1010 g/mol. The Labute approximate surface area is 455 Å². The van der Waals surface area contributed by atoms with Crippen LogP contribution in [-0.2, 0) is 16.2 Å². The first-order chi connectivity index (χ1) is 37.6. The summed E-state index contributed by atoms with van der Waals surface area (Å²) in [4.78, 5) is 5.23. The maximum Gasteiger partial charge on any atom is 0.252 e. The fraction of sp³-hybridized carbons (Fsp3) is 0.167. The Kier molecular flexibility index (Phi) is 9.02. The largest absolute Gasteiger partial charge is 0.456 e. The fourth-order valence-electron chi connectivity index (χ4n) is 13.8. The van der Waals surface area contributed by atoms with Gasteiger partial charge in [0.15, 0.2) is 0 Å². The SMILES string of the molecule is CC(C)(C)c1cc2c3c(c1)N1c4c(cccc4-n4c5ccccc5c5cccc1c54)B3c1ccc(-n3c4ccc(C(C)(C)C)cc4c4cc(C(C)(C)C)ccc43)cc1N2c1ccc(-c2cccc3oc4ccccc4c23)cc1. The summed E-state index contributed by atoms with van der Waals surface area (Å²) in [6.07, 6.45) is 0. The minimum atomic E-state index is -0.165. The zero-order valence-corrected chi connectivity index (χ0v) is 45.7. The van der Waals surface area contributed by atoms with E-state index in [9.17, 15) is 0 Å². The lowest BCUT2D eigenvalue weighted by Crippen LogP contribution is -2.62. The van der Waals surface area contributed by atoms with Gasteiger partial charge in [-0.05, 0) is 151 Å². The van der Waals surface area contributed by atoms with Crippen LogP contribution in [0.3, 0.4) is 0 Å². The summed E-state index contributed by atoms with van der Waals surface area (Å²) in [5, 5.41) is 7.40. The van der Waals surface area contributed by atoms with Gasteiger partial charge in [-0.1, -0.05) is 165 Å². The lowest BCUT2D eigenvalue weighted by Gasteiger charge is -2.47. The van der Waals surface area contributed by atoms with Gasteiger partial charge in [0, 0.05) is 60.8 Å². The van der Waals surface area contributed by atoms with E-state index in [1.54, 1.807) is 0 Å². The Hall–Kier alpha value is -8.74. The van der Waals surface area contributed by atoms with Crippen LogP contribution in [0.15, 0.2) is 199 Å². The van der Waals surface area contributed by atoms with Gasteiger partial charge in [-0.25, -0.2) is 0 Å². The molecule has 5 nitrogen and oxygen atoms in total. The molecule has 16 rings (SSSR count). The highest BCUT2D eigenvalue weighted by Gasteiger charge is 2.47. The standard InChI is InChI=1S/C72H59BN4O/c1-70(2,3)43-29-35-57-52(37-43)53-38-44(71(4,5)6)30-36-58(53)75(57)47-33-34-54-61(41-47)74(46-31-27-42(28-32-46)48-19-15-26-65-66(48)51-18-11-13-25-64(51)78-65)62-39-45(72(7,8)9)40-63-67(62)73(54)55-21-16-24-60-69(55)77(63)59-23-14-20-50-49-17-10-12-22-56(49)76(60)68(50)59/h10-41H,1-9H3. The Morgan fingerprint density at radius 1 is 0.372 bits per heavy atom. The summed E-state index contributed by atoms with van der Waals surface area (Å²) in [5.41, 5.74) is 26.3. The van der Waals surface area contributed by atoms with Crippen LogP contribution in [0.5, 0.6) is 0 Å². The molecule has 0 amide bonds. The average Bonchev–Trinajstić information content (AvgIpc) is 3.37. The predicted octanol–water partition coefficient (Wildman–Crippen LogP) is 17.7. The van der Waals surface area contributed by atoms with Gasteiger partial charge in [-0.2, -0.15) is 0 Å². The number of para-hydroxylation sites is 4. The molecule has 376 valence electrons. The minimum Gasteiger partial charge on any atom is -0.456 e. The van der Waals surface area contributed by atoms with E-state index in [0.29, 0.717) is 0 Å². The Bertz CT molecular complexity index is 4690. The molecule has 10 aromatic carbocycles. The van der Waals surface area contributed by atoms with Gasteiger partial charge >= 0.3 is 0 Å². The molecule has 6 heteroatoms. The highest BCUT2D eigenvalue weighted by Crippen LogP contribution is 2.53. The van der Waals surface area contributed by atoms with Gasteiger partial charge in [0.2, 0.25) is 0 Å². The third kappa shape index (κ3) is 6.20. The number of anilines is 6. The number of benzene rings is 10. The molecule has 0 saturated heterocycles. The topological polar surface area (TPSA) is 29.5 Å².